The fourth-order valence-corrected chi connectivity index (χ4v) is 2.61. The average molecular weight is 229 g/mol. The van der Waals surface area contributed by atoms with Crippen LogP contribution in [0.15, 0.2) is 24.3 Å². The lowest BCUT2D eigenvalue weighted by Gasteiger charge is -2.29. The molecule has 3 nitrogen and oxygen atoms in total. The van der Waals surface area contributed by atoms with E-state index in [1.165, 1.54) is 30.7 Å². The maximum atomic E-state index is 4.78. The van der Waals surface area contributed by atoms with E-state index in [2.05, 4.69) is 40.7 Å². The van der Waals surface area contributed by atoms with Crippen LogP contribution in [0, 0.1) is 0 Å². The zero-order valence-electron chi connectivity index (χ0n) is 10.4. The number of fused-ring (bicyclic) bond motifs is 3. The van der Waals surface area contributed by atoms with E-state index < -0.39 is 0 Å². The fraction of sp³-hybridized carbons (Fsp3) is 0.500. The number of aromatic nitrogens is 2. The summed E-state index contributed by atoms with van der Waals surface area (Å²) in [6.45, 7) is 5.65. The van der Waals surface area contributed by atoms with Gasteiger partial charge in [0.15, 0.2) is 0 Å². The highest BCUT2D eigenvalue weighted by Gasteiger charge is 2.20. The minimum absolute atomic E-state index is 1.11. The largest absolute Gasteiger partial charge is 0.342 e. The van der Waals surface area contributed by atoms with E-state index in [9.17, 15) is 0 Å². The Morgan fingerprint density at radius 1 is 1.24 bits per heavy atom. The van der Waals surface area contributed by atoms with E-state index in [1.54, 1.807) is 0 Å². The first-order chi connectivity index (χ1) is 8.40. The molecule has 0 saturated carbocycles. The summed E-state index contributed by atoms with van der Waals surface area (Å²) in [4.78, 5) is 7.21. The molecule has 3 heteroatoms. The van der Waals surface area contributed by atoms with E-state index in [1.807, 2.05) is 0 Å². The lowest BCUT2D eigenvalue weighted by atomic mass is 10.2. The van der Waals surface area contributed by atoms with Crippen molar-refractivity contribution in [3.63, 3.8) is 0 Å². The van der Waals surface area contributed by atoms with Crippen molar-refractivity contribution in [1.82, 2.24) is 9.55 Å². The van der Waals surface area contributed by atoms with E-state index in [0.29, 0.717) is 0 Å². The number of aryl methyl sites for hydroxylation is 1. The van der Waals surface area contributed by atoms with Crippen molar-refractivity contribution in [1.29, 1.82) is 0 Å². The van der Waals surface area contributed by atoms with Gasteiger partial charge in [0.25, 0.3) is 0 Å². The van der Waals surface area contributed by atoms with Gasteiger partial charge in [0.1, 0.15) is 0 Å². The van der Waals surface area contributed by atoms with Crippen LogP contribution < -0.4 is 4.90 Å². The minimum atomic E-state index is 1.11. The number of hydrogen-bond acceptors (Lipinski definition) is 2. The molecule has 90 valence electrons. The third-order valence-electron chi connectivity index (χ3n) is 3.51. The molecular weight excluding hydrogens is 210 g/mol. The zero-order chi connectivity index (χ0) is 11.7. The Hall–Kier alpha value is -1.51. The number of imidazole rings is 1. The van der Waals surface area contributed by atoms with Gasteiger partial charge in [0.2, 0.25) is 5.95 Å². The van der Waals surface area contributed by atoms with Crippen LogP contribution in [-0.2, 0) is 6.54 Å². The predicted octanol–water partition coefficient (Wildman–Crippen LogP) is 3.05. The fourth-order valence-electron chi connectivity index (χ4n) is 2.61. The highest BCUT2D eigenvalue weighted by molar-refractivity contribution is 5.79. The molecule has 1 aliphatic rings. The molecule has 0 N–H and O–H groups in total. The number of para-hydroxylation sites is 2. The standard InChI is InChI=1S/C14H19N3/c1-2-3-9-16-10-6-11-17-13-8-5-4-7-12(13)15-14(16)17/h4-5,7-8H,2-3,6,9-11H2,1H3. The van der Waals surface area contributed by atoms with Gasteiger partial charge in [0, 0.05) is 19.6 Å². The smallest absolute Gasteiger partial charge is 0.206 e. The van der Waals surface area contributed by atoms with E-state index in [0.717, 1.165) is 25.2 Å². The Kier molecular flexibility index (Phi) is 2.75. The number of nitrogens with zero attached hydrogens (tertiary/aromatic N) is 3. The summed E-state index contributed by atoms with van der Waals surface area (Å²) in [6, 6.07) is 8.45. The van der Waals surface area contributed by atoms with E-state index >= 15 is 0 Å². The highest BCUT2D eigenvalue weighted by Crippen LogP contribution is 2.26. The molecule has 17 heavy (non-hydrogen) atoms. The van der Waals surface area contributed by atoms with Crippen molar-refractivity contribution >= 4 is 17.0 Å². The lowest BCUT2D eigenvalue weighted by Crippen LogP contribution is -2.33. The molecule has 1 aromatic heterocycles. The second kappa shape index (κ2) is 4.40. The second-order valence-corrected chi connectivity index (χ2v) is 4.75. The average Bonchev–Trinajstić information content (AvgIpc) is 2.75. The van der Waals surface area contributed by atoms with Crippen LogP contribution >= 0.6 is 0 Å². The van der Waals surface area contributed by atoms with Gasteiger partial charge in [-0.2, -0.15) is 0 Å². The van der Waals surface area contributed by atoms with Gasteiger partial charge < -0.3 is 9.47 Å². The number of hydrogen-bond donors (Lipinski definition) is 0. The predicted molar refractivity (Wildman–Crippen MR) is 71.5 cm³/mol. The van der Waals surface area contributed by atoms with Gasteiger partial charge in [-0.15, -0.1) is 0 Å². The van der Waals surface area contributed by atoms with Crippen LogP contribution in [0.25, 0.3) is 11.0 Å². The van der Waals surface area contributed by atoms with Crippen LogP contribution in [-0.4, -0.2) is 22.6 Å². The maximum Gasteiger partial charge on any atom is 0.206 e. The van der Waals surface area contributed by atoms with Crippen LogP contribution in [0.5, 0.6) is 0 Å². The van der Waals surface area contributed by atoms with Gasteiger partial charge in [-0.1, -0.05) is 25.5 Å². The Labute approximate surface area is 102 Å². The van der Waals surface area contributed by atoms with E-state index in [-0.39, 0.29) is 0 Å². The lowest BCUT2D eigenvalue weighted by molar-refractivity contribution is 0.556. The maximum absolute atomic E-state index is 4.78. The number of anilines is 1. The summed E-state index contributed by atoms with van der Waals surface area (Å²) in [5.74, 6) is 1.17. The highest BCUT2D eigenvalue weighted by atomic mass is 15.3. The summed E-state index contributed by atoms with van der Waals surface area (Å²) in [7, 11) is 0. The number of unbranched alkanes of at least 4 members (excludes halogenated alkanes) is 1. The Balaban J connectivity index is 2.02. The van der Waals surface area contributed by atoms with Crippen molar-refractivity contribution < 1.29 is 0 Å². The molecule has 0 radical (unpaired) electrons. The number of benzene rings is 1. The molecule has 3 rings (SSSR count). The normalized spacial score (nSPS) is 15.2. The van der Waals surface area contributed by atoms with Gasteiger partial charge in [-0.05, 0) is 25.0 Å². The van der Waals surface area contributed by atoms with Crippen molar-refractivity contribution in [3.8, 4) is 0 Å². The molecular formula is C14H19N3. The molecule has 2 heterocycles. The van der Waals surface area contributed by atoms with Crippen molar-refractivity contribution in [3.05, 3.63) is 24.3 Å². The van der Waals surface area contributed by atoms with Crippen molar-refractivity contribution in [2.45, 2.75) is 32.7 Å². The summed E-state index contributed by atoms with van der Waals surface area (Å²) < 4.78 is 2.37. The van der Waals surface area contributed by atoms with Gasteiger partial charge in [-0.3, -0.25) is 0 Å². The molecule has 0 atom stereocenters. The molecule has 2 aromatic rings. The van der Waals surface area contributed by atoms with E-state index in [4.69, 9.17) is 4.98 Å². The molecule has 0 fully saturated rings. The Bertz CT molecular complexity index is 515. The zero-order valence-corrected chi connectivity index (χ0v) is 10.4. The van der Waals surface area contributed by atoms with Crippen molar-refractivity contribution in [2.75, 3.05) is 18.0 Å². The topological polar surface area (TPSA) is 21.1 Å². The van der Waals surface area contributed by atoms with Crippen LogP contribution in [0.1, 0.15) is 26.2 Å². The van der Waals surface area contributed by atoms with Crippen LogP contribution in [0.4, 0.5) is 5.95 Å². The Morgan fingerprint density at radius 3 is 3.00 bits per heavy atom. The first-order valence-electron chi connectivity index (χ1n) is 6.60. The monoisotopic (exact) mass is 229 g/mol. The number of rotatable bonds is 3. The molecule has 0 unspecified atom stereocenters. The first kappa shape index (κ1) is 10.6. The molecule has 0 spiro atoms. The summed E-state index contributed by atoms with van der Waals surface area (Å²) in [5, 5.41) is 0. The van der Waals surface area contributed by atoms with Gasteiger partial charge in [-0.25, -0.2) is 4.98 Å². The second-order valence-electron chi connectivity index (χ2n) is 4.75. The molecule has 1 aliphatic heterocycles. The van der Waals surface area contributed by atoms with Gasteiger partial charge >= 0.3 is 0 Å². The molecule has 0 amide bonds. The SMILES string of the molecule is CCCCN1CCCn2c1nc1ccccc12. The quantitative estimate of drug-likeness (QED) is 0.806. The van der Waals surface area contributed by atoms with Crippen molar-refractivity contribution in [2.24, 2.45) is 0 Å². The first-order valence-corrected chi connectivity index (χ1v) is 6.60. The third kappa shape index (κ3) is 1.79. The third-order valence-corrected chi connectivity index (χ3v) is 3.51. The Morgan fingerprint density at radius 2 is 2.12 bits per heavy atom. The summed E-state index contributed by atoms with van der Waals surface area (Å²) in [6.07, 6.45) is 3.73. The molecule has 1 aromatic carbocycles. The summed E-state index contributed by atoms with van der Waals surface area (Å²) >= 11 is 0. The molecule has 0 saturated heterocycles. The molecule has 0 aliphatic carbocycles. The van der Waals surface area contributed by atoms with Crippen LogP contribution in [0.2, 0.25) is 0 Å². The van der Waals surface area contributed by atoms with Gasteiger partial charge in [0.05, 0.1) is 11.0 Å². The van der Waals surface area contributed by atoms with Crippen LogP contribution in [0.3, 0.4) is 0 Å². The minimum Gasteiger partial charge on any atom is -0.342 e. The molecule has 0 bridgehead atoms. The summed E-state index contributed by atoms with van der Waals surface area (Å²) in [5.41, 5.74) is 2.41.